The second kappa shape index (κ2) is 4.93. The minimum atomic E-state index is -0.546. The zero-order chi connectivity index (χ0) is 14.2. The second-order valence-corrected chi connectivity index (χ2v) is 5.81. The average molecular weight is 276 g/mol. The molecule has 5 heteroatoms. The van der Waals surface area contributed by atoms with E-state index in [1.807, 2.05) is 26.8 Å². The number of rotatable bonds is 1. The molecule has 2 aromatic rings. The fourth-order valence-corrected chi connectivity index (χ4v) is 2.06. The third kappa shape index (κ3) is 2.95. The van der Waals surface area contributed by atoms with E-state index in [4.69, 9.17) is 24.2 Å². The number of hydrogen-bond donors (Lipinski definition) is 0. The molecular weight excluding hydrogens is 260 g/mol. The molecule has 0 saturated carbocycles. The number of nitrogens with zero attached hydrogens (tertiary/aromatic N) is 1. The van der Waals surface area contributed by atoms with Crippen LogP contribution < -0.4 is 0 Å². The SMILES string of the molecule is [B]Cc1cn(C(=O)OC(C)(C)C)c2cc(Cl)ccc12. The summed E-state index contributed by atoms with van der Waals surface area (Å²) in [6, 6.07) is 5.38. The van der Waals surface area contributed by atoms with E-state index in [9.17, 15) is 4.79 Å². The van der Waals surface area contributed by atoms with E-state index >= 15 is 0 Å². The highest BCUT2D eigenvalue weighted by Crippen LogP contribution is 2.25. The Bertz CT molecular complexity index is 628. The number of aromatic nitrogens is 1. The normalized spacial score (nSPS) is 11.8. The van der Waals surface area contributed by atoms with Crippen LogP contribution in [-0.4, -0.2) is 24.1 Å². The van der Waals surface area contributed by atoms with Gasteiger partial charge in [0.05, 0.1) is 13.4 Å². The van der Waals surface area contributed by atoms with Crippen molar-refractivity contribution >= 4 is 36.4 Å². The van der Waals surface area contributed by atoms with Crippen molar-refractivity contribution in [3.63, 3.8) is 0 Å². The standard InChI is InChI=1S/C14H15BClNO2/c1-14(2,3)19-13(18)17-8-9(7-15)11-5-4-10(16)6-12(11)17/h4-6,8H,7H2,1-3H3. The summed E-state index contributed by atoms with van der Waals surface area (Å²) in [6.45, 7) is 5.48. The molecule has 0 bridgehead atoms. The van der Waals surface area contributed by atoms with Gasteiger partial charge in [0.2, 0.25) is 0 Å². The molecule has 1 aromatic heterocycles. The van der Waals surface area contributed by atoms with E-state index in [2.05, 4.69) is 0 Å². The molecule has 3 nitrogen and oxygen atoms in total. The molecule has 98 valence electrons. The van der Waals surface area contributed by atoms with Gasteiger partial charge in [0, 0.05) is 16.6 Å². The first-order valence-electron chi connectivity index (χ1n) is 6.05. The topological polar surface area (TPSA) is 31.2 Å². The Balaban J connectivity index is 2.54. The molecule has 0 N–H and O–H groups in total. The maximum atomic E-state index is 12.2. The Morgan fingerprint density at radius 3 is 2.68 bits per heavy atom. The number of carbonyl (C=O) groups is 1. The number of hydrogen-bond acceptors (Lipinski definition) is 2. The predicted molar refractivity (Wildman–Crippen MR) is 78.0 cm³/mol. The van der Waals surface area contributed by atoms with Crippen molar-refractivity contribution in [3.8, 4) is 0 Å². The molecule has 0 atom stereocenters. The van der Waals surface area contributed by atoms with Crippen LogP contribution >= 0.6 is 11.6 Å². The molecule has 0 aliphatic rings. The van der Waals surface area contributed by atoms with Crippen molar-refractivity contribution in [2.45, 2.75) is 32.7 Å². The van der Waals surface area contributed by atoms with Crippen molar-refractivity contribution < 1.29 is 9.53 Å². The van der Waals surface area contributed by atoms with Crippen molar-refractivity contribution in [2.24, 2.45) is 0 Å². The van der Waals surface area contributed by atoms with Crippen molar-refractivity contribution in [3.05, 3.63) is 35.0 Å². The summed E-state index contributed by atoms with van der Waals surface area (Å²) < 4.78 is 6.82. The average Bonchev–Trinajstić information content (AvgIpc) is 2.64. The van der Waals surface area contributed by atoms with Crippen LogP contribution in [0.5, 0.6) is 0 Å². The van der Waals surface area contributed by atoms with Crippen LogP contribution in [0.15, 0.2) is 24.4 Å². The van der Waals surface area contributed by atoms with Crippen LogP contribution in [0.1, 0.15) is 26.3 Å². The van der Waals surface area contributed by atoms with Gasteiger partial charge in [0.1, 0.15) is 5.60 Å². The molecule has 19 heavy (non-hydrogen) atoms. The Morgan fingerprint density at radius 1 is 1.42 bits per heavy atom. The summed E-state index contributed by atoms with van der Waals surface area (Å²) >= 11 is 5.98. The number of benzene rings is 1. The molecule has 0 spiro atoms. The maximum Gasteiger partial charge on any atom is 0.419 e. The first-order chi connectivity index (χ1) is 8.81. The third-order valence-corrected chi connectivity index (χ3v) is 2.90. The van der Waals surface area contributed by atoms with Crippen LogP contribution in [-0.2, 0) is 11.1 Å². The summed E-state index contributed by atoms with van der Waals surface area (Å²) in [6.07, 6.45) is 1.63. The fourth-order valence-electron chi connectivity index (χ4n) is 1.90. The van der Waals surface area contributed by atoms with E-state index in [-0.39, 0.29) is 0 Å². The maximum absolute atomic E-state index is 12.2. The first-order valence-corrected chi connectivity index (χ1v) is 6.42. The Kier molecular flexibility index (Phi) is 3.63. The Labute approximate surface area is 118 Å². The summed E-state index contributed by atoms with van der Waals surface area (Å²) in [5.41, 5.74) is 1.05. The molecular formula is C14H15BClNO2. The predicted octanol–water partition coefficient (Wildman–Crippen LogP) is 3.75. The third-order valence-electron chi connectivity index (χ3n) is 2.66. The Hall–Kier alpha value is -1.42. The molecule has 0 aliphatic carbocycles. The molecule has 0 fully saturated rings. The zero-order valence-corrected chi connectivity index (χ0v) is 12.0. The minimum absolute atomic E-state index is 0.355. The highest BCUT2D eigenvalue weighted by atomic mass is 35.5. The lowest BCUT2D eigenvalue weighted by atomic mass is 9.97. The lowest BCUT2D eigenvalue weighted by molar-refractivity contribution is 0.0544. The van der Waals surface area contributed by atoms with Gasteiger partial charge < -0.3 is 4.74 Å². The number of halogens is 1. The van der Waals surface area contributed by atoms with Gasteiger partial charge >= 0.3 is 6.09 Å². The van der Waals surface area contributed by atoms with Crippen LogP contribution in [0.4, 0.5) is 4.79 Å². The molecule has 1 aromatic carbocycles. The van der Waals surface area contributed by atoms with Crippen molar-refractivity contribution in [2.75, 3.05) is 0 Å². The van der Waals surface area contributed by atoms with E-state index in [0.29, 0.717) is 16.9 Å². The van der Waals surface area contributed by atoms with E-state index in [1.165, 1.54) is 4.57 Å². The Morgan fingerprint density at radius 2 is 2.11 bits per heavy atom. The number of ether oxygens (including phenoxy) is 1. The zero-order valence-electron chi connectivity index (χ0n) is 11.2. The van der Waals surface area contributed by atoms with E-state index in [1.54, 1.807) is 18.3 Å². The van der Waals surface area contributed by atoms with Gasteiger partial charge in [-0.05, 0) is 38.5 Å². The minimum Gasteiger partial charge on any atom is -0.443 e. The van der Waals surface area contributed by atoms with Crippen molar-refractivity contribution in [1.82, 2.24) is 4.57 Å². The largest absolute Gasteiger partial charge is 0.443 e. The van der Waals surface area contributed by atoms with Gasteiger partial charge in [-0.25, -0.2) is 4.79 Å². The smallest absolute Gasteiger partial charge is 0.419 e. The summed E-state index contributed by atoms with van der Waals surface area (Å²) in [5.74, 6) is 0. The monoisotopic (exact) mass is 275 g/mol. The van der Waals surface area contributed by atoms with Gasteiger partial charge in [0.25, 0.3) is 0 Å². The van der Waals surface area contributed by atoms with Crippen LogP contribution in [0.25, 0.3) is 10.9 Å². The first kappa shape index (κ1) is 14.0. The van der Waals surface area contributed by atoms with Crippen molar-refractivity contribution in [1.29, 1.82) is 0 Å². The van der Waals surface area contributed by atoms with Gasteiger partial charge in [-0.3, -0.25) is 4.57 Å². The summed E-state index contributed by atoms with van der Waals surface area (Å²) in [7, 11) is 5.70. The number of fused-ring (bicyclic) bond motifs is 1. The summed E-state index contributed by atoms with van der Waals surface area (Å²) in [5, 5.41) is 1.48. The van der Waals surface area contributed by atoms with E-state index < -0.39 is 11.7 Å². The summed E-state index contributed by atoms with van der Waals surface area (Å²) in [4.78, 5) is 12.2. The molecule has 1 heterocycles. The van der Waals surface area contributed by atoms with Gasteiger partial charge in [-0.2, -0.15) is 0 Å². The molecule has 0 amide bonds. The lowest BCUT2D eigenvalue weighted by Gasteiger charge is -2.19. The molecule has 0 aliphatic heterocycles. The van der Waals surface area contributed by atoms with Gasteiger partial charge in [-0.15, -0.1) is 0 Å². The highest BCUT2D eigenvalue weighted by molar-refractivity contribution is 6.31. The fraction of sp³-hybridized carbons (Fsp3) is 0.357. The molecule has 2 rings (SSSR count). The highest BCUT2D eigenvalue weighted by Gasteiger charge is 2.20. The molecule has 0 unspecified atom stereocenters. The quantitative estimate of drug-likeness (QED) is 0.742. The van der Waals surface area contributed by atoms with E-state index in [0.717, 1.165) is 10.9 Å². The lowest BCUT2D eigenvalue weighted by Crippen LogP contribution is -2.26. The van der Waals surface area contributed by atoms with Crippen LogP contribution in [0.2, 0.25) is 5.02 Å². The van der Waals surface area contributed by atoms with Gasteiger partial charge in [-0.1, -0.05) is 24.0 Å². The molecule has 2 radical (unpaired) electrons. The van der Waals surface area contributed by atoms with Crippen LogP contribution in [0.3, 0.4) is 0 Å². The molecule has 0 saturated heterocycles. The number of carbonyl (C=O) groups excluding carboxylic acids is 1. The van der Waals surface area contributed by atoms with Crippen LogP contribution in [0, 0.1) is 0 Å². The van der Waals surface area contributed by atoms with Gasteiger partial charge in [0.15, 0.2) is 0 Å². The second-order valence-electron chi connectivity index (χ2n) is 5.37.